The smallest absolute Gasteiger partial charge is 0.390 e. The number of carbonyl (C=O) groups excluding carboxylic acids is 1. The van der Waals surface area contributed by atoms with E-state index in [0.29, 0.717) is 100 Å². The van der Waals surface area contributed by atoms with Gasteiger partial charge in [0.2, 0.25) is 15.9 Å². The van der Waals surface area contributed by atoms with Crippen molar-refractivity contribution in [3.63, 3.8) is 0 Å². The van der Waals surface area contributed by atoms with Crippen LogP contribution >= 0.6 is 11.8 Å². The Morgan fingerprint density at radius 3 is 2.36 bits per heavy atom. The molecule has 1 atom stereocenters. The number of fused-ring (bicyclic) bond motifs is 1. The van der Waals surface area contributed by atoms with Crippen LogP contribution < -0.4 is 4.90 Å². The van der Waals surface area contributed by atoms with Gasteiger partial charge < -0.3 is 14.9 Å². The molecule has 17 heteroatoms. The minimum Gasteiger partial charge on any atom is -0.390 e. The molecular weight excluding hydrogens is 730 g/mol. The molecule has 0 spiro atoms. The van der Waals surface area contributed by atoms with E-state index in [9.17, 15) is 36.8 Å². The Hall–Kier alpha value is -3.66. The molecule has 1 amide bonds. The fourth-order valence-corrected chi connectivity index (χ4v) is 9.20. The highest BCUT2D eigenvalue weighted by Crippen LogP contribution is 2.40. The summed E-state index contributed by atoms with van der Waals surface area (Å²) in [5, 5.41) is 25.6. The lowest BCUT2D eigenvalue weighted by atomic mass is 10.0. The van der Waals surface area contributed by atoms with Crippen LogP contribution in [0.2, 0.25) is 0 Å². The number of para-hydroxylation sites is 1. The van der Waals surface area contributed by atoms with E-state index in [4.69, 9.17) is 5.10 Å². The van der Waals surface area contributed by atoms with Gasteiger partial charge in [-0.05, 0) is 24.3 Å². The van der Waals surface area contributed by atoms with Crippen LogP contribution in [0.4, 0.5) is 18.9 Å². The molecule has 2 aromatic carbocycles. The summed E-state index contributed by atoms with van der Waals surface area (Å²) in [5.74, 6) is 0.422. The number of nitriles is 1. The van der Waals surface area contributed by atoms with E-state index >= 15 is 0 Å². The van der Waals surface area contributed by atoms with Crippen molar-refractivity contribution in [3.8, 4) is 17.3 Å². The van der Waals surface area contributed by atoms with Crippen molar-refractivity contribution in [1.29, 1.82) is 5.26 Å². The summed E-state index contributed by atoms with van der Waals surface area (Å²) < 4.78 is 70.9. The number of β-amino-alcohol motifs (C(OH)–C–C–N with tert-alkyl or cyclic N) is 1. The Kier molecular flexibility index (Phi) is 12.1. The highest BCUT2D eigenvalue weighted by molar-refractivity contribution is 7.99. The van der Waals surface area contributed by atoms with E-state index < -0.39 is 27.9 Å². The number of anilines is 1. The number of hydrogen-bond acceptors (Lipinski definition) is 10. The van der Waals surface area contributed by atoms with Gasteiger partial charge in [0.05, 0.1) is 41.4 Å². The van der Waals surface area contributed by atoms with Crippen molar-refractivity contribution in [1.82, 2.24) is 28.8 Å². The molecule has 1 aromatic heterocycles. The minimum absolute atomic E-state index is 0.0127. The Bertz CT molecular complexity index is 1930. The number of rotatable bonds is 11. The van der Waals surface area contributed by atoms with Gasteiger partial charge >= 0.3 is 6.18 Å². The first-order valence-electron chi connectivity index (χ1n) is 17.7. The molecule has 0 saturated carbocycles. The Labute approximate surface area is 312 Å². The fraction of sp³-hybridized carbons (Fsp3) is 0.528. The van der Waals surface area contributed by atoms with Crippen LogP contribution in [0.25, 0.3) is 11.3 Å². The largest absolute Gasteiger partial charge is 0.417 e. The number of nitrogens with zero attached hydrogens (tertiary/aromatic N) is 8. The molecule has 3 aromatic rings. The Morgan fingerprint density at radius 2 is 1.70 bits per heavy atom. The molecular formula is C36H45F3N8O4S2. The van der Waals surface area contributed by atoms with Crippen molar-refractivity contribution in [2.75, 3.05) is 88.9 Å². The molecule has 2 saturated heterocycles. The zero-order chi connectivity index (χ0) is 37.9. The lowest BCUT2D eigenvalue weighted by Gasteiger charge is -2.37. The van der Waals surface area contributed by atoms with Crippen LogP contribution in [0.1, 0.15) is 29.3 Å². The van der Waals surface area contributed by atoms with E-state index in [-0.39, 0.29) is 30.4 Å². The number of carbonyl (C=O) groups is 1. The van der Waals surface area contributed by atoms with E-state index in [1.54, 1.807) is 15.6 Å². The molecule has 1 N–H and O–H groups in total. The summed E-state index contributed by atoms with van der Waals surface area (Å²) in [5.41, 5.74) is 3.00. The average Bonchev–Trinajstić information content (AvgIpc) is 3.48. The number of sulfonamides is 1. The summed E-state index contributed by atoms with van der Waals surface area (Å²) in [6.07, 6.45) is -3.90. The molecule has 0 aliphatic carbocycles. The summed E-state index contributed by atoms with van der Waals surface area (Å²) in [4.78, 5) is 20.0. The third-order valence-corrected chi connectivity index (χ3v) is 12.5. The molecule has 53 heavy (non-hydrogen) atoms. The number of benzene rings is 2. The van der Waals surface area contributed by atoms with E-state index in [1.807, 2.05) is 18.2 Å². The molecule has 0 radical (unpaired) electrons. The Morgan fingerprint density at radius 1 is 1.00 bits per heavy atom. The molecule has 2 fully saturated rings. The number of aliphatic hydroxyl groups is 1. The van der Waals surface area contributed by atoms with Gasteiger partial charge in [0.25, 0.3) is 0 Å². The van der Waals surface area contributed by atoms with E-state index in [2.05, 4.69) is 20.8 Å². The van der Waals surface area contributed by atoms with Crippen molar-refractivity contribution in [3.05, 3.63) is 64.8 Å². The molecule has 3 aliphatic rings. The highest BCUT2D eigenvalue weighted by atomic mass is 32.2. The second-order valence-corrected chi connectivity index (χ2v) is 16.9. The van der Waals surface area contributed by atoms with Gasteiger partial charge in [-0.15, -0.1) is 11.8 Å². The van der Waals surface area contributed by atoms with Gasteiger partial charge in [-0.3, -0.25) is 19.3 Å². The zero-order valence-corrected chi connectivity index (χ0v) is 31.6. The maximum absolute atomic E-state index is 14.2. The summed E-state index contributed by atoms with van der Waals surface area (Å²) in [7, 11) is -3.56. The predicted octanol–water partition coefficient (Wildman–Crippen LogP) is 3.20. The fourth-order valence-electron chi connectivity index (χ4n) is 7.30. The SMILES string of the molecule is CC(=O)N1CCN(CCSc2cc(-c3nn(CC(O)CN4CCN(c5ccccc5C#N)CC4)c4c3CN(S(C)(=O)=O)CC4)ccc2C(F)(F)F)CC1. The number of amides is 1. The molecule has 4 heterocycles. The van der Waals surface area contributed by atoms with Crippen LogP contribution in [0.5, 0.6) is 0 Å². The van der Waals surface area contributed by atoms with Crippen molar-refractivity contribution in [2.45, 2.75) is 43.6 Å². The third-order valence-electron chi connectivity index (χ3n) is 10.2. The van der Waals surface area contributed by atoms with Crippen LogP contribution in [0.15, 0.2) is 47.4 Å². The number of aromatic nitrogens is 2. The molecule has 12 nitrogen and oxygen atoms in total. The quantitative estimate of drug-likeness (QED) is 0.290. The van der Waals surface area contributed by atoms with Crippen LogP contribution in [0, 0.1) is 11.3 Å². The van der Waals surface area contributed by atoms with Crippen LogP contribution in [-0.4, -0.2) is 138 Å². The van der Waals surface area contributed by atoms with Crippen LogP contribution in [-0.2, 0) is 40.5 Å². The summed E-state index contributed by atoms with van der Waals surface area (Å²) in [6, 6.07) is 13.7. The first kappa shape index (κ1) is 39.0. The van der Waals surface area contributed by atoms with Crippen molar-refractivity contribution < 1.29 is 31.5 Å². The predicted molar refractivity (Wildman–Crippen MR) is 197 cm³/mol. The number of hydrogen-bond donors (Lipinski definition) is 1. The van der Waals surface area contributed by atoms with Gasteiger partial charge in [-0.2, -0.15) is 27.8 Å². The molecule has 286 valence electrons. The number of alkyl halides is 3. The van der Waals surface area contributed by atoms with Gasteiger partial charge in [-0.25, -0.2) is 8.42 Å². The van der Waals surface area contributed by atoms with Gasteiger partial charge in [0, 0.05) is 119 Å². The van der Waals surface area contributed by atoms with Gasteiger partial charge in [0.15, 0.2) is 0 Å². The second kappa shape index (κ2) is 16.4. The third kappa shape index (κ3) is 9.35. The minimum atomic E-state index is -4.57. The average molecular weight is 775 g/mol. The van der Waals surface area contributed by atoms with Gasteiger partial charge in [0.1, 0.15) is 6.07 Å². The number of piperazine rings is 2. The monoisotopic (exact) mass is 774 g/mol. The first-order chi connectivity index (χ1) is 25.2. The molecule has 3 aliphatic heterocycles. The maximum atomic E-state index is 14.2. The summed E-state index contributed by atoms with van der Waals surface area (Å²) in [6.45, 7) is 8.11. The van der Waals surface area contributed by atoms with Crippen molar-refractivity contribution in [2.24, 2.45) is 0 Å². The second-order valence-electron chi connectivity index (χ2n) is 13.8. The number of halogens is 3. The lowest BCUT2D eigenvalue weighted by Crippen LogP contribution is -2.49. The first-order valence-corrected chi connectivity index (χ1v) is 20.5. The standard InChI is InChI=1S/C36H45F3N8O4S2/c1-26(48)44-15-11-42(12-16-44)19-20-52-34-21-27(7-8-31(34)36(37,38)39)35-30-25-46(53(2,50)51)10-9-33(30)47(41-35)24-29(49)23-43-13-17-45(18-14-43)32-6-4-3-5-28(32)22-40/h3-8,21,29,49H,9-20,23-25H2,1-2H3. The van der Waals surface area contributed by atoms with Crippen molar-refractivity contribution >= 4 is 33.4 Å². The van der Waals surface area contributed by atoms with Gasteiger partial charge in [-0.1, -0.05) is 18.2 Å². The number of aliphatic hydroxyl groups excluding tert-OH is 1. The topological polar surface area (TPSA) is 129 Å². The van der Waals surface area contributed by atoms with E-state index in [1.165, 1.54) is 23.4 Å². The molecule has 1 unspecified atom stereocenters. The normalized spacial score (nSPS) is 18.5. The molecule has 6 rings (SSSR count). The highest BCUT2D eigenvalue weighted by Gasteiger charge is 2.35. The lowest BCUT2D eigenvalue weighted by molar-refractivity contribution is -0.139. The maximum Gasteiger partial charge on any atom is 0.417 e. The molecule has 0 bridgehead atoms. The van der Waals surface area contributed by atoms with E-state index in [0.717, 1.165) is 35.5 Å². The number of thioether (sulfide) groups is 1. The zero-order valence-electron chi connectivity index (χ0n) is 29.9. The van der Waals surface area contributed by atoms with Crippen LogP contribution in [0.3, 0.4) is 0 Å². The Balaban J connectivity index is 1.19. The summed E-state index contributed by atoms with van der Waals surface area (Å²) >= 11 is 1.12.